The molecule has 0 amide bonds. The topological polar surface area (TPSA) is 47.0 Å². The lowest BCUT2D eigenvalue weighted by Crippen LogP contribution is -2.27. The molecule has 0 fully saturated rings. The average molecular weight is 249 g/mol. The Morgan fingerprint density at radius 1 is 1.44 bits per heavy atom. The predicted molar refractivity (Wildman–Crippen MR) is 71.3 cm³/mol. The van der Waals surface area contributed by atoms with Crippen LogP contribution in [0.15, 0.2) is 6.20 Å². The van der Waals surface area contributed by atoms with Gasteiger partial charge in [-0.25, -0.2) is 9.97 Å². The van der Waals surface area contributed by atoms with E-state index in [2.05, 4.69) is 22.2 Å². The van der Waals surface area contributed by atoms with Gasteiger partial charge in [-0.15, -0.1) is 0 Å². The van der Waals surface area contributed by atoms with Crippen LogP contribution in [0.2, 0.25) is 0 Å². The minimum absolute atomic E-state index is 0.440. The highest BCUT2D eigenvalue weighted by Gasteiger charge is 2.21. The third-order valence-electron chi connectivity index (χ3n) is 3.31. The SMILES string of the molecule is CCCNC1CCCc2nc(COCC)ncc21. The summed E-state index contributed by atoms with van der Waals surface area (Å²) in [4.78, 5) is 9.04. The fourth-order valence-electron chi connectivity index (χ4n) is 2.38. The van der Waals surface area contributed by atoms with Crippen LogP contribution in [0.25, 0.3) is 0 Å². The van der Waals surface area contributed by atoms with Crippen LogP contribution in [-0.2, 0) is 17.8 Å². The second-order valence-electron chi connectivity index (χ2n) is 4.72. The Labute approximate surface area is 109 Å². The highest BCUT2D eigenvalue weighted by molar-refractivity contribution is 5.24. The van der Waals surface area contributed by atoms with Crippen molar-refractivity contribution in [3.05, 3.63) is 23.3 Å². The molecule has 0 saturated heterocycles. The summed E-state index contributed by atoms with van der Waals surface area (Å²) in [7, 11) is 0. The first-order chi connectivity index (χ1) is 8.85. The van der Waals surface area contributed by atoms with Gasteiger partial charge in [0.1, 0.15) is 6.61 Å². The van der Waals surface area contributed by atoms with Crippen LogP contribution in [0.5, 0.6) is 0 Å². The van der Waals surface area contributed by atoms with E-state index in [0.29, 0.717) is 19.3 Å². The second kappa shape index (κ2) is 6.81. The van der Waals surface area contributed by atoms with Crippen molar-refractivity contribution < 1.29 is 4.74 Å². The van der Waals surface area contributed by atoms with Gasteiger partial charge in [-0.2, -0.15) is 0 Å². The fraction of sp³-hybridized carbons (Fsp3) is 0.714. The van der Waals surface area contributed by atoms with E-state index in [1.807, 2.05) is 13.1 Å². The van der Waals surface area contributed by atoms with E-state index in [1.165, 1.54) is 24.1 Å². The molecule has 1 N–H and O–H groups in total. The van der Waals surface area contributed by atoms with E-state index in [9.17, 15) is 0 Å². The van der Waals surface area contributed by atoms with E-state index in [-0.39, 0.29) is 0 Å². The molecular formula is C14H23N3O. The molecule has 1 heterocycles. The standard InChI is InChI=1S/C14H23N3O/c1-3-8-15-12-6-5-7-13-11(12)9-16-14(17-13)10-18-4-2/h9,12,15H,3-8,10H2,1-2H3. The van der Waals surface area contributed by atoms with Gasteiger partial charge in [-0.1, -0.05) is 6.92 Å². The zero-order valence-electron chi connectivity index (χ0n) is 11.4. The molecule has 1 unspecified atom stereocenters. The molecule has 18 heavy (non-hydrogen) atoms. The van der Waals surface area contributed by atoms with Gasteiger partial charge < -0.3 is 10.1 Å². The number of ether oxygens (including phenoxy) is 1. The Morgan fingerprint density at radius 2 is 2.33 bits per heavy atom. The molecule has 1 aromatic heterocycles. The number of rotatable bonds is 6. The lowest BCUT2D eigenvalue weighted by molar-refractivity contribution is 0.128. The van der Waals surface area contributed by atoms with Crippen LogP contribution in [0.3, 0.4) is 0 Å². The van der Waals surface area contributed by atoms with Crippen molar-refractivity contribution in [1.82, 2.24) is 15.3 Å². The Balaban J connectivity index is 2.09. The van der Waals surface area contributed by atoms with E-state index in [0.717, 1.165) is 25.2 Å². The molecule has 0 aromatic carbocycles. The van der Waals surface area contributed by atoms with E-state index in [4.69, 9.17) is 4.74 Å². The van der Waals surface area contributed by atoms with Crippen LogP contribution < -0.4 is 5.32 Å². The molecule has 1 atom stereocenters. The van der Waals surface area contributed by atoms with E-state index < -0.39 is 0 Å². The summed E-state index contributed by atoms with van der Waals surface area (Å²) in [5.74, 6) is 0.812. The molecule has 0 saturated carbocycles. The fourth-order valence-corrected chi connectivity index (χ4v) is 2.38. The summed E-state index contributed by atoms with van der Waals surface area (Å²) in [5, 5.41) is 3.58. The first-order valence-electron chi connectivity index (χ1n) is 7.01. The molecule has 1 aliphatic carbocycles. The molecule has 100 valence electrons. The van der Waals surface area contributed by atoms with Crippen LogP contribution in [-0.4, -0.2) is 23.1 Å². The zero-order chi connectivity index (χ0) is 12.8. The van der Waals surface area contributed by atoms with E-state index in [1.54, 1.807) is 0 Å². The Kier molecular flexibility index (Phi) is 5.08. The monoisotopic (exact) mass is 249 g/mol. The van der Waals surface area contributed by atoms with Crippen molar-refractivity contribution in [3.63, 3.8) is 0 Å². The Bertz CT molecular complexity index is 381. The molecule has 0 radical (unpaired) electrons. The highest BCUT2D eigenvalue weighted by Crippen LogP contribution is 2.27. The maximum absolute atomic E-state index is 5.36. The maximum Gasteiger partial charge on any atom is 0.154 e. The van der Waals surface area contributed by atoms with Gasteiger partial charge in [0.2, 0.25) is 0 Å². The van der Waals surface area contributed by atoms with E-state index >= 15 is 0 Å². The lowest BCUT2D eigenvalue weighted by atomic mass is 9.92. The van der Waals surface area contributed by atoms with Crippen molar-refractivity contribution in [1.29, 1.82) is 0 Å². The summed E-state index contributed by atoms with van der Waals surface area (Å²) in [6.07, 6.45) is 6.63. The molecule has 1 aromatic rings. The van der Waals surface area contributed by atoms with Gasteiger partial charge in [-0.3, -0.25) is 0 Å². The number of hydrogen-bond acceptors (Lipinski definition) is 4. The average Bonchev–Trinajstić information content (AvgIpc) is 2.42. The van der Waals surface area contributed by atoms with Gasteiger partial charge in [0, 0.05) is 30.1 Å². The predicted octanol–water partition coefficient (Wildman–Crippen LogP) is 2.39. The van der Waals surface area contributed by atoms with Crippen LogP contribution in [0.1, 0.15) is 56.2 Å². The van der Waals surface area contributed by atoms with Crippen LogP contribution in [0, 0.1) is 0 Å². The zero-order valence-corrected chi connectivity index (χ0v) is 11.4. The number of aromatic nitrogens is 2. The first-order valence-corrected chi connectivity index (χ1v) is 7.01. The van der Waals surface area contributed by atoms with Gasteiger partial charge in [0.15, 0.2) is 5.82 Å². The van der Waals surface area contributed by atoms with Crippen molar-refractivity contribution in [2.45, 2.75) is 52.2 Å². The molecule has 0 spiro atoms. The second-order valence-corrected chi connectivity index (χ2v) is 4.72. The van der Waals surface area contributed by atoms with Crippen molar-refractivity contribution in [2.75, 3.05) is 13.2 Å². The highest BCUT2D eigenvalue weighted by atomic mass is 16.5. The minimum atomic E-state index is 0.440. The molecule has 2 rings (SSSR count). The van der Waals surface area contributed by atoms with Gasteiger partial charge >= 0.3 is 0 Å². The van der Waals surface area contributed by atoms with Gasteiger partial charge in [0.05, 0.1) is 0 Å². The van der Waals surface area contributed by atoms with Crippen LogP contribution in [0.4, 0.5) is 0 Å². The number of nitrogens with one attached hydrogen (secondary N) is 1. The van der Waals surface area contributed by atoms with Gasteiger partial charge in [-0.05, 0) is 39.2 Å². The first kappa shape index (κ1) is 13.4. The quantitative estimate of drug-likeness (QED) is 0.841. The lowest BCUT2D eigenvalue weighted by Gasteiger charge is -2.25. The number of aryl methyl sites for hydroxylation is 1. The summed E-state index contributed by atoms with van der Waals surface area (Å²) in [5.41, 5.74) is 2.49. The van der Waals surface area contributed by atoms with Crippen molar-refractivity contribution in [3.8, 4) is 0 Å². The minimum Gasteiger partial charge on any atom is -0.374 e. The largest absolute Gasteiger partial charge is 0.374 e. The number of fused-ring (bicyclic) bond motifs is 1. The summed E-state index contributed by atoms with van der Waals surface area (Å²) >= 11 is 0. The molecule has 4 heteroatoms. The Morgan fingerprint density at radius 3 is 3.11 bits per heavy atom. The molecule has 1 aliphatic rings. The molecular weight excluding hydrogens is 226 g/mol. The van der Waals surface area contributed by atoms with Gasteiger partial charge in [0.25, 0.3) is 0 Å². The Hall–Kier alpha value is -1.00. The summed E-state index contributed by atoms with van der Waals surface area (Å²) in [6, 6.07) is 0.440. The smallest absolute Gasteiger partial charge is 0.154 e. The van der Waals surface area contributed by atoms with Crippen molar-refractivity contribution >= 4 is 0 Å². The molecule has 0 aliphatic heterocycles. The molecule has 0 bridgehead atoms. The normalized spacial score (nSPS) is 18.7. The number of hydrogen-bond donors (Lipinski definition) is 1. The van der Waals surface area contributed by atoms with Crippen LogP contribution >= 0.6 is 0 Å². The maximum atomic E-state index is 5.36. The molecule has 4 nitrogen and oxygen atoms in total. The third-order valence-corrected chi connectivity index (χ3v) is 3.31. The summed E-state index contributed by atoms with van der Waals surface area (Å²) < 4.78 is 5.36. The van der Waals surface area contributed by atoms with Crippen molar-refractivity contribution in [2.24, 2.45) is 0 Å². The third kappa shape index (κ3) is 3.27. The summed E-state index contributed by atoms with van der Waals surface area (Å²) in [6.45, 7) is 6.48. The number of nitrogens with zero attached hydrogens (tertiary/aromatic N) is 2.